The third-order valence-corrected chi connectivity index (χ3v) is 4.31. The third kappa shape index (κ3) is 2.69. The first kappa shape index (κ1) is 16.7. The molecule has 0 saturated carbocycles. The second kappa shape index (κ2) is 6.52. The van der Waals surface area contributed by atoms with Crippen molar-refractivity contribution in [1.82, 2.24) is 19.2 Å². The van der Waals surface area contributed by atoms with Crippen molar-refractivity contribution in [1.29, 1.82) is 0 Å². The summed E-state index contributed by atoms with van der Waals surface area (Å²) in [6.07, 6.45) is 0. The molecule has 4 aromatic rings. The van der Waals surface area contributed by atoms with Crippen LogP contribution in [0.2, 0.25) is 0 Å². The van der Waals surface area contributed by atoms with Crippen molar-refractivity contribution < 1.29 is 9.66 Å². The average molecular weight is 365 g/mol. The lowest BCUT2D eigenvalue weighted by molar-refractivity contribution is -0.385. The van der Waals surface area contributed by atoms with E-state index >= 15 is 0 Å². The third-order valence-electron chi connectivity index (χ3n) is 4.31. The molecule has 2 aromatic heterocycles. The molecular weight excluding hydrogens is 350 g/mol. The molecule has 0 fully saturated rings. The van der Waals surface area contributed by atoms with Crippen molar-refractivity contribution in [3.63, 3.8) is 0 Å². The second-order valence-electron chi connectivity index (χ2n) is 5.83. The Labute approximate surface area is 152 Å². The summed E-state index contributed by atoms with van der Waals surface area (Å²) in [4.78, 5) is 23.3. The maximum absolute atomic E-state index is 12.7. The molecule has 0 atom stereocenters. The van der Waals surface area contributed by atoms with Crippen LogP contribution in [0.15, 0.2) is 53.3 Å². The number of hydrogen-bond donors (Lipinski definition) is 0. The molecule has 2 aromatic carbocycles. The molecule has 0 aliphatic rings. The lowest BCUT2D eigenvalue weighted by Gasteiger charge is -2.10. The molecule has 0 unspecified atom stereocenters. The summed E-state index contributed by atoms with van der Waals surface area (Å²) in [6.45, 7) is 2.27. The quantitative estimate of drug-likeness (QED) is 0.398. The van der Waals surface area contributed by atoms with Crippen molar-refractivity contribution >= 4 is 22.4 Å². The number of nitrogens with zero attached hydrogens (tertiary/aromatic N) is 5. The molecule has 0 N–H and O–H groups in total. The van der Waals surface area contributed by atoms with E-state index in [2.05, 4.69) is 10.2 Å². The fraction of sp³-hybridized carbons (Fsp3) is 0.167. The van der Waals surface area contributed by atoms with Crippen molar-refractivity contribution in [2.24, 2.45) is 0 Å². The molecule has 0 bridgehead atoms. The molecule has 0 spiro atoms. The molecule has 0 aliphatic heterocycles. The number of aryl methyl sites for hydroxylation is 1. The van der Waals surface area contributed by atoms with Crippen LogP contribution >= 0.6 is 0 Å². The Hall–Kier alpha value is -3.75. The first-order valence-corrected chi connectivity index (χ1v) is 8.33. The van der Waals surface area contributed by atoms with Crippen molar-refractivity contribution in [3.05, 3.63) is 74.8 Å². The van der Waals surface area contributed by atoms with Gasteiger partial charge in [-0.25, -0.2) is 0 Å². The van der Waals surface area contributed by atoms with Gasteiger partial charge in [-0.2, -0.15) is 0 Å². The Morgan fingerprint density at radius 1 is 1.11 bits per heavy atom. The fourth-order valence-electron chi connectivity index (χ4n) is 3.07. The minimum Gasteiger partial charge on any atom is -0.479 e. The van der Waals surface area contributed by atoms with Gasteiger partial charge in [0.1, 0.15) is 6.61 Å². The van der Waals surface area contributed by atoms with Gasteiger partial charge in [0.15, 0.2) is 11.6 Å². The van der Waals surface area contributed by atoms with Crippen LogP contribution in [0.1, 0.15) is 12.7 Å². The zero-order chi connectivity index (χ0) is 19.0. The van der Waals surface area contributed by atoms with Crippen LogP contribution < -0.4 is 10.3 Å². The molecule has 4 rings (SSSR count). The van der Waals surface area contributed by atoms with Gasteiger partial charge in [0.25, 0.3) is 5.56 Å². The number of nitro benzene ring substituents is 1. The van der Waals surface area contributed by atoms with Crippen LogP contribution in [-0.4, -0.2) is 24.1 Å². The number of fused-ring (bicyclic) bond motifs is 3. The van der Waals surface area contributed by atoms with Gasteiger partial charge in [-0.1, -0.05) is 24.3 Å². The van der Waals surface area contributed by atoms with E-state index < -0.39 is 4.92 Å². The van der Waals surface area contributed by atoms with Crippen molar-refractivity contribution in [2.45, 2.75) is 20.1 Å². The van der Waals surface area contributed by atoms with Gasteiger partial charge in [-0.05, 0) is 25.1 Å². The van der Waals surface area contributed by atoms with Gasteiger partial charge in [-0.3, -0.25) is 23.9 Å². The molecule has 9 heteroatoms. The highest BCUT2D eigenvalue weighted by Gasteiger charge is 2.18. The maximum atomic E-state index is 12.7. The van der Waals surface area contributed by atoms with Crippen molar-refractivity contribution in [2.75, 3.05) is 0 Å². The summed E-state index contributed by atoms with van der Waals surface area (Å²) in [6, 6.07) is 13.3. The number of benzene rings is 2. The predicted octanol–water partition coefficient (Wildman–Crippen LogP) is 2.55. The maximum Gasteiger partial charge on any atom is 0.310 e. The summed E-state index contributed by atoms with van der Waals surface area (Å²) in [5.74, 6) is 0.997. The SMILES string of the molecule is CCn1c(=O)c2ccccc2n2c(COc3ccccc3[N+](=O)[O-])nnc12. The highest BCUT2D eigenvalue weighted by Crippen LogP contribution is 2.26. The van der Waals surface area contributed by atoms with E-state index in [0.29, 0.717) is 29.0 Å². The van der Waals surface area contributed by atoms with E-state index in [0.717, 1.165) is 0 Å². The van der Waals surface area contributed by atoms with E-state index in [9.17, 15) is 14.9 Å². The first-order chi connectivity index (χ1) is 13.1. The molecule has 0 aliphatic carbocycles. The Morgan fingerprint density at radius 2 is 1.85 bits per heavy atom. The van der Waals surface area contributed by atoms with Crippen molar-refractivity contribution in [3.8, 4) is 5.75 Å². The predicted molar refractivity (Wildman–Crippen MR) is 97.9 cm³/mol. The largest absolute Gasteiger partial charge is 0.479 e. The van der Waals surface area contributed by atoms with E-state index in [4.69, 9.17) is 4.74 Å². The highest BCUT2D eigenvalue weighted by molar-refractivity contribution is 5.80. The molecular formula is C18H15N5O4. The number of ether oxygens (including phenoxy) is 1. The van der Waals surface area contributed by atoms with Crippen LogP contribution in [-0.2, 0) is 13.2 Å². The Bertz CT molecular complexity index is 1230. The van der Waals surface area contributed by atoms with Gasteiger partial charge in [0.2, 0.25) is 5.78 Å². The van der Waals surface area contributed by atoms with Crippen LogP contribution in [0.25, 0.3) is 16.7 Å². The van der Waals surface area contributed by atoms with E-state index in [-0.39, 0.29) is 23.6 Å². The molecule has 2 heterocycles. The van der Waals surface area contributed by atoms with Gasteiger partial charge in [0, 0.05) is 12.6 Å². The number of hydrogen-bond acceptors (Lipinski definition) is 6. The average Bonchev–Trinajstić information content (AvgIpc) is 3.11. The van der Waals surface area contributed by atoms with Crippen LogP contribution in [0.5, 0.6) is 5.75 Å². The van der Waals surface area contributed by atoms with Crippen LogP contribution in [0.4, 0.5) is 5.69 Å². The molecule has 9 nitrogen and oxygen atoms in total. The minimum atomic E-state index is -0.499. The molecule has 0 saturated heterocycles. The summed E-state index contributed by atoms with van der Waals surface area (Å²) < 4.78 is 8.93. The molecule has 0 radical (unpaired) electrons. The minimum absolute atomic E-state index is 0.0298. The van der Waals surface area contributed by atoms with Crippen LogP contribution in [0, 0.1) is 10.1 Å². The number of nitro groups is 1. The topological polar surface area (TPSA) is 105 Å². The fourth-order valence-corrected chi connectivity index (χ4v) is 3.07. The summed E-state index contributed by atoms with van der Waals surface area (Å²) in [7, 11) is 0. The molecule has 27 heavy (non-hydrogen) atoms. The van der Waals surface area contributed by atoms with E-state index in [1.165, 1.54) is 16.7 Å². The Balaban J connectivity index is 1.84. The number of para-hydroxylation sites is 3. The lowest BCUT2D eigenvalue weighted by atomic mass is 10.2. The number of aromatic nitrogens is 4. The van der Waals surface area contributed by atoms with Gasteiger partial charge >= 0.3 is 5.69 Å². The Kier molecular flexibility index (Phi) is 4.03. The standard InChI is InChI=1S/C18H15N5O4/c1-2-21-17(24)12-7-3-4-8-13(12)22-16(19-20-18(21)22)11-27-15-10-6-5-9-14(15)23(25)26/h3-10H,2,11H2,1H3. The first-order valence-electron chi connectivity index (χ1n) is 8.33. The van der Waals surface area contributed by atoms with E-state index in [1.54, 1.807) is 28.7 Å². The Morgan fingerprint density at radius 3 is 2.63 bits per heavy atom. The molecule has 136 valence electrons. The lowest BCUT2D eigenvalue weighted by Crippen LogP contribution is -2.22. The summed E-state index contributed by atoms with van der Waals surface area (Å²) >= 11 is 0. The van der Waals surface area contributed by atoms with Gasteiger partial charge in [0.05, 0.1) is 15.8 Å². The molecule has 0 amide bonds. The normalized spacial score (nSPS) is 11.1. The summed E-state index contributed by atoms with van der Waals surface area (Å²) in [5, 5.41) is 20.0. The van der Waals surface area contributed by atoms with Crippen LogP contribution in [0.3, 0.4) is 0 Å². The zero-order valence-corrected chi connectivity index (χ0v) is 14.4. The van der Waals surface area contributed by atoms with E-state index in [1.807, 2.05) is 19.1 Å². The highest BCUT2D eigenvalue weighted by atomic mass is 16.6. The van der Waals surface area contributed by atoms with Gasteiger partial charge < -0.3 is 4.74 Å². The second-order valence-corrected chi connectivity index (χ2v) is 5.83. The summed E-state index contributed by atoms with van der Waals surface area (Å²) in [5.41, 5.74) is 0.397. The number of rotatable bonds is 5. The monoisotopic (exact) mass is 365 g/mol. The van der Waals surface area contributed by atoms with Gasteiger partial charge in [-0.15, -0.1) is 10.2 Å². The zero-order valence-electron chi connectivity index (χ0n) is 14.4. The smallest absolute Gasteiger partial charge is 0.310 e.